The molecule has 0 radical (unpaired) electrons. The molecule has 1 atom stereocenters. The van der Waals surface area contributed by atoms with Gasteiger partial charge in [-0.25, -0.2) is 0 Å². The first kappa shape index (κ1) is 19.6. The third-order valence-electron chi connectivity index (χ3n) is 6.35. The molecule has 0 aromatic heterocycles. The summed E-state index contributed by atoms with van der Waals surface area (Å²) in [5.74, 6) is 0.118. The number of para-hydroxylation sites is 1. The van der Waals surface area contributed by atoms with Crippen LogP contribution >= 0.6 is 0 Å². The molecular weight excluding hydrogens is 388 g/mol. The first-order chi connectivity index (χ1) is 15.2. The minimum atomic E-state index is -0.318. The molecule has 3 aromatic carbocycles. The van der Waals surface area contributed by atoms with Gasteiger partial charge in [0, 0.05) is 18.3 Å². The van der Waals surface area contributed by atoms with E-state index in [-0.39, 0.29) is 42.7 Å². The molecule has 0 amide bonds. The normalized spacial score (nSPS) is 20.5. The Morgan fingerprint density at radius 1 is 0.774 bits per heavy atom. The van der Waals surface area contributed by atoms with Gasteiger partial charge in [-0.2, -0.15) is 0 Å². The zero-order valence-corrected chi connectivity index (χ0v) is 17.2. The molecule has 6 rings (SSSR count). The number of fused-ring (bicyclic) bond motifs is 1. The molecule has 4 nitrogen and oxygen atoms in total. The summed E-state index contributed by atoms with van der Waals surface area (Å²) in [6.45, 7) is 0.222. The molecule has 156 valence electrons. The maximum Gasteiger partial charge on any atom is 0.311 e. The Morgan fingerprint density at radius 3 is 2.00 bits per heavy atom. The number of rotatable bonds is 6. The number of carbonyl (C=O) groups is 2. The van der Waals surface area contributed by atoms with E-state index >= 15 is 0 Å². The molecule has 0 heterocycles. The molecule has 3 aliphatic carbocycles. The number of benzene rings is 3. The lowest BCUT2D eigenvalue weighted by atomic mass is 9.59. The standard InChI is InChI=1S/C27H24O4/c28-25(31-18-9-2-1-3-10-18)15-8-16-30-27(29)24-17-23-19-11-4-6-13-21(19)26(24)22-14-7-5-12-20(22)23/h1-7,9-14,23-24,26H,8,15-17H2. The zero-order valence-electron chi connectivity index (χ0n) is 17.2. The third-order valence-corrected chi connectivity index (χ3v) is 6.35. The maximum atomic E-state index is 13.0. The summed E-state index contributed by atoms with van der Waals surface area (Å²) in [6.07, 6.45) is 1.43. The van der Waals surface area contributed by atoms with Crippen molar-refractivity contribution in [1.82, 2.24) is 0 Å². The minimum absolute atomic E-state index is 0.0351. The average molecular weight is 412 g/mol. The van der Waals surface area contributed by atoms with Crippen molar-refractivity contribution < 1.29 is 19.1 Å². The van der Waals surface area contributed by atoms with Gasteiger partial charge in [0.1, 0.15) is 5.75 Å². The van der Waals surface area contributed by atoms with Crippen molar-refractivity contribution in [2.45, 2.75) is 31.1 Å². The maximum absolute atomic E-state index is 13.0. The number of hydrogen-bond acceptors (Lipinski definition) is 4. The Kier molecular flexibility index (Phi) is 5.29. The third kappa shape index (κ3) is 3.74. The van der Waals surface area contributed by atoms with E-state index in [0.717, 1.165) is 6.42 Å². The molecule has 3 aliphatic rings. The van der Waals surface area contributed by atoms with Crippen LogP contribution in [0.4, 0.5) is 0 Å². The van der Waals surface area contributed by atoms with Gasteiger partial charge < -0.3 is 9.47 Å². The van der Waals surface area contributed by atoms with E-state index in [1.807, 2.05) is 30.3 Å². The summed E-state index contributed by atoms with van der Waals surface area (Å²) in [6, 6.07) is 25.9. The largest absolute Gasteiger partial charge is 0.465 e. The fourth-order valence-corrected chi connectivity index (χ4v) is 5.04. The molecule has 4 heteroatoms. The first-order valence-corrected chi connectivity index (χ1v) is 10.8. The highest BCUT2D eigenvalue weighted by molar-refractivity contribution is 5.78. The van der Waals surface area contributed by atoms with E-state index in [2.05, 4.69) is 36.4 Å². The predicted octanol–water partition coefficient (Wildman–Crippen LogP) is 5.21. The molecule has 0 saturated carbocycles. The molecule has 0 saturated heterocycles. The van der Waals surface area contributed by atoms with Crippen LogP contribution in [0.1, 0.15) is 53.4 Å². The Bertz CT molecular complexity index is 1060. The van der Waals surface area contributed by atoms with Crippen molar-refractivity contribution in [3.8, 4) is 5.75 Å². The lowest BCUT2D eigenvalue weighted by molar-refractivity contribution is -0.150. The Morgan fingerprint density at radius 2 is 1.35 bits per heavy atom. The molecule has 0 N–H and O–H groups in total. The molecule has 3 aromatic rings. The molecule has 0 fully saturated rings. The second-order valence-corrected chi connectivity index (χ2v) is 8.19. The van der Waals surface area contributed by atoms with Crippen LogP contribution in [0.2, 0.25) is 0 Å². The summed E-state index contributed by atoms with van der Waals surface area (Å²) in [5, 5.41) is 0. The molecule has 0 spiro atoms. The van der Waals surface area contributed by atoms with Crippen molar-refractivity contribution in [2.24, 2.45) is 5.92 Å². The van der Waals surface area contributed by atoms with Crippen molar-refractivity contribution in [2.75, 3.05) is 6.61 Å². The summed E-state index contributed by atoms with van der Waals surface area (Å²) >= 11 is 0. The second kappa shape index (κ2) is 8.38. The lowest BCUT2D eigenvalue weighted by Gasteiger charge is -2.44. The van der Waals surface area contributed by atoms with Gasteiger partial charge in [0.2, 0.25) is 0 Å². The molecule has 0 aliphatic heterocycles. The number of hydrogen-bond donors (Lipinski definition) is 0. The van der Waals surface area contributed by atoms with Gasteiger partial charge in [0.05, 0.1) is 12.5 Å². The fraction of sp³-hybridized carbons (Fsp3) is 0.259. The van der Waals surface area contributed by atoms with Crippen LogP contribution in [-0.2, 0) is 14.3 Å². The van der Waals surface area contributed by atoms with Crippen LogP contribution in [0.3, 0.4) is 0 Å². The second-order valence-electron chi connectivity index (χ2n) is 8.19. The van der Waals surface area contributed by atoms with Crippen molar-refractivity contribution in [3.05, 3.63) is 101 Å². The van der Waals surface area contributed by atoms with Crippen molar-refractivity contribution in [1.29, 1.82) is 0 Å². The highest BCUT2D eigenvalue weighted by atomic mass is 16.5. The first-order valence-electron chi connectivity index (χ1n) is 10.8. The van der Waals surface area contributed by atoms with E-state index in [4.69, 9.17) is 9.47 Å². The van der Waals surface area contributed by atoms with E-state index in [1.165, 1.54) is 22.3 Å². The van der Waals surface area contributed by atoms with E-state index in [0.29, 0.717) is 12.2 Å². The van der Waals surface area contributed by atoms with Crippen LogP contribution in [0.25, 0.3) is 0 Å². The number of esters is 2. The summed E-state index contributed by atoms with van der Waals surface area (Å²) in [7, 11) is 0. The van der Waals surface area contributed by atoms with Gasteiger partial charge in [0.25, 0.3) is 0 Å². The molecule has 31 heavy (non-hydrogen) atoms. The number of carbonyl (C=O) groups excluding carboxylic acids is 2. The molecular formula is C27H24O4. The van der Waals surface area contributed by atoms with Crippen LogP contribution < -0.4 is 4.74 Å². The van der Waals surface area contributed by atoms with Gasteiger partial charge in [-0.15, -0.1) is 0 Å². The highest BCUT2D eigenvalue weighted by Crippen LogP contribution is 2.55. The van der Waals surface area contributed by atoms with Gasteiger partial charge in [-0.1, -0.05) is 66.7 Å². The van der Waals surface area contributed by atoms with Gasteiger partial charge >= 0.3 is 11.9 Å². The smallest absolute Gasteiger partial charge is 0.311 e. The summed E-state index contributed by atoms with van der Waals surface area (Å²) in [4.78, 5) is 25.0. The SMILES string of the molecule is O=C(CCCOC(=O)C1CC2c3ccccc3C1c1ccccc12)Oc1ccccc1. The van der Waals surface area contributed by atoms with Crippen LogP contribution in [-0.4, -0.2) is 18.5 Å². The molecule has 1 unspecified atom stereocenters. The van der Waals surface area contributed by atoms with Crippen LogP contribution in [0.5, 0.6) is 5.75 Å². The van der Waals surface area contributed by atoms with Gasteiger partial charge in [-0.3, -0.25) is 9.59 Å². The Balaban J connectivity index is 1.21. The average Bonchev–Trinajstić information content (AvgIpc) is 2.82. The van der Waals surface area contributed by atoms with Crippen LogP contribution in [0.15, 0.2) is 78.9 Å². The van der Waals surface area contributed by atoms with Crippen LogP contribution in [0, 0.1) is 5.92 Å². The van der Waals surface area contributed by atoms with Gasteiger partial charge in [0.15, 0.2) is 0 Å². The number of ether oxygens (including phenoxy) is 2. The quantitative estimate of drug-likeness (QED) is 0.317. The Hall–Kier alpha value is -3.40. The summed E-state index contributed by atoms with van der Waals surface area (Å²) in [5.41, 5.74) is 5.15. The summed E-state index contributed by atoms with van der Waals surface area (Å²) < 4.78 is 10.9. The van der Waals surface area contributed by atoms with Crippen molar-refractivity contribution in [3.63, 3.8) is 0 Å². The Labute approximate surface area is 181 Å². The monoisotopic (exact) mass is 412 g/mol. The fourth-order valence-electron chi connectivity index (χ4n) is 5.04. The van der Waals surface area contributed by atoms with E-state index in [1.54, 1.807) is 12.1 Å². The van der Waals surface area contributed by atoms with Crippen molar-refractivity contribution >= 4 is 11.9 Å². The topological polar surface area (TPSA) is 52.6 Å². The van der Waals surface area contributed by atoms with E-state index < -0.39 is 0 Å². The minimum Gasteiger partial charge on any atom is -0.465 e. The predicted molar refractivity (Wildman–Crippen MR) is 117 cm³/mol. The zero-order chi connectivity index (χ0) is 21.2. The molecule has 2 bridgehead atoms. The lowest BCUT2D eigenvalue weighted by Crippen LogP contribution is -2.37. The van der Waals surface area contributed by atoms with Gasteiger partial charge in [-0.05, 0) is 47.2 Å². The van der Waals surface area contributed by atoms with E-state index in [9.17, 15) is 9.59 Å². The highest BCUT2D eigenvalue weighted by Gasteiger charge is 2.46.